The lowest BCUT2D eigenvalue weighted by Gasteiger charge is -2.28. The molecule has 0 aliphatic carbocycles. The topological polar surface area (TPSA) is 69.8 Å². The Labute approximate surface area is 108 Å². The van der Waals surface area contributed by atoms with Gasteiger partial charge in [0.2, 0.25) is 5.91 Å². The second kappa shape index (κ2) is 6.54. The van der Waals surface area contributed by atoms with Crippen molar-refractivity contribution in [2.75, 3.05) is 13.1 Å². The van der Waals surface area contributed by atoms with Gasteiger partial charge in [0.15, 0.2) is 0 Å². The van der Waals surface area contributed by atoms with Crippen molar-refractivity contribution in [1.82, 2.24) is 20.6 Å². The van der Waals surface area contributed by atoms with Crippen LogP contribution in [0.4, 0.5) is 0 Å². The number of H-pyrrole nitrogens is 1. The number of carbonyl (C=O) groups is 1. The Morgan fingerprint density at radius 2 is 2.50 bits per heavy atom. The van der Waals surface area contributed by atoms with Crippen LogP contribution in [-0.4, -0.2) is 35.0 Å². The van der Waals surface area contributed by atoms with Crippen LogP contribution < -0.4 is 10.6 Å². The summed E-state index contributed by atoms with van der Waals surface area (Å²) in [5.74, 6) is 0.822. The zero-order valence-electron chi connectivity index (χ0n) is 10.9. The van der Waals surface area contributed by atoms with E-state index in [4.69, 9.17) is 0 Å². The van der Waals surface area contributed by atoms with Gasteiger partial charge in [0, 0.05) is 24.9 Å². The monoisotopic (exact) mass is 250 g/mol. The highest BCUT2D eigenvalue weighted by molar-refractivity contribution is 5.81. The summed E-state index contributed by atoms with van der Waals surface area (Å²) in [6, 6.07) is -0.00883. The number of nitrogens with one attached hydrogen (secondary N) is 3. The fourth-order valence-corrected chi connectivity index (χ4v) is 2.43. The van der Waals surface area contributed by atoms with E-state index in [0.717, 1.165) is 25.1 Å². The zero-order chi connectivity index (χ0) is 12.8. The molecular formula is C13H22N4O. The van der Waals surface area contributed by atoms with Gasteiger partial charge in [-0.1, -0.05) is 13.3 Å². The van der Waals surface area contributed by atoms with Gasteiger partial charge in [-0.15, -0.1) is 0 Å². The van der Waals surface area contributed by atoms with E-state index in [-0.39, 0.29) is 11.9 Å². The highest BCUT2D eigenvalue weighted by Crippen LogP contribution is 2.19. The van der Waals surface area contributed by atoms with Gasteiger partial charge in [-0.25, -0.2) is 4.98 Å². The smallest absolute Gasteiger partial charge is 0.237 e. The van der Waals surface area contributed by atoms with E-state index in [1.165, 1.54) is 12.8 Å². The molecule has 18 heavy (non-hydrogen) atoms. The number of imidazole rings is 1. The van der Waals surface area contributed by atoms with Gasteiger partial charge in [0.05, 0.1) is 12.4 Å². The number of hydrogen-bond acceptors (Lipinski definition) is 3. The third-order valence-corrected chi connectivity index (χ3v) is 3.65. The molecule has 5 nitrogen and oxygen atoms in total. The molecule has 0 radical (unpaired) electrons. The molecule has 2 atom stereocenters. The van der Waals surface area contributed by atoms with E-state index in [1.54, 1.807) is 12.5 Å². The molecule has 0 aromatic carbocycles. The molecule has 2 rings (SSSR count). The van der Waals surface area contributed by atoms with Gasteiger partial charge in [-0.3, -0.25) is 4.79 Å². The van der Waals surface area contributed by atoms with Crippen LogP contribution >= 0.6 is 0 Å². The summed E-state index contributed by atoms with van der Waals surface area (Å²) in [4.78, 5) is 19.0. The molecule has 0 saturated carbocycles. The summed E-state index contributed by atoms with van der Waals surface area (Å²) >= 11 is 0. The van der Waals surface area contributed by atoms with Crippen LogP contribution in [0.1, 0.15) is 31.9 Å². The van der Waals surface area contributed by atoms with Gasteiger partial charge in [-0.05, 0) is 25.3 Å². The van der Waals surface area contributed by atoms with Crippen LogP contribution in [0, 0.1) is 5.92 Å². The van der Waals surface area contributed by atoms with Crippen molar-refractivity contribution >= 4 is 5.91 Å². The van der Waals surface area contributed by atoms with E-state index in [0.29, 0.717) is 12.5 Å². The first-order chi connectivity index (χ1) is 8.79. The molecule has 2 unspecified atom stereocenters. The second-order valence-electron chi connectivity index (χ2n) is 4.92. The van der Waals surface area contributed by atoms with Crippen molar-refractivity contribution in [3.05, 3.63) is 18.2 Å². The molecule has 1 amide bonds. The average molecular weight is 250 g/mol. The third-order valence-electron chi connectivity index (χ3n) is 3.65. The summed E-state index contributed by atoms with van der Waals surface area (Å²) in [6.07, 6.45) is 7.57. The maximum absolute atomic E-state index is 12.0. The Bertz CT molecular complexity index is 363. The van der Waals surface area contributed by atoms with E-state index < -0.39 is 0 Å². The first kappa shape index (κ1) is 13.1. The van der Waals surface area contributed by atoms with Crippen molar-refractivity contribution in [3.8, 4) is 0 Å². The Morgan fingerprint density at radius 1 is 1.61 bits per heavy atom. The van der Waals surface area contributed by atoms with Gasteiger partial charge in [-0.2, -0.15) is 0 Å². The summed E-state index contributed by atoms with van der Waals surface area (Å²) in [6.45, 7) is 3.82. The first-order valence-corrected chi connectivity index (χ1v) is 6.78. The number of aromatic amines is 1. The normalized spacial score (nSPS) is 23.8. The van der Waals surface area contributed by atoms with E-state index >= 15 is 0 Å². The van der Waals surface area contributed by atoms with Crippen molar-refractivity contribution in [2.24, 2.45) is 5.92 Å². The number of amides is 1. The maximum atomic E-state index is 12.0. The Hall–Kier alpha value is -1.36. The summed E-state index contributed by atoms with van der Waals surface area (Å²) in [5.41, 5.74) is 1.05. The van der Waals surface area contributed by atoms with Crippen LogP contribution in [0.2, 0.25) is 0 Å². The molecule has 1 aromatic heterocycles. The first-order valence-electron chi connectivity index (χ1n) is 6.78. The molecule has 100 valence electrons. The number of carbonyl (C=O) groups excluding carboxylic acids is 1. The molecule has 5 heteroatoms. The van der Waals surface area contributed by atoms with Crippen LogP contribution in [0.5, 0.6) is 0 Å². The van der Waals surface area contributed by atoms with Crippen molar-refractivity contribution in [2.45, 2.75) is 38.6 Å². The molecule has 1 saturated heterocycles. The standard InChI is InChI=1S/C13H22N4O/c1-2-10-3-5-15-12(7-10)13(18)16-6-4-11-8-14-9-17-11/h8-10,12,15H,2-7H2,1H3,(H,14,17)(H,16,18). The predicted octanol–water partition coefficient (Wildman–Crippen LogP) is 0.847. The highest BCUT2D eigenvalue weighted by Gasteiger charge is 2.25. The lowest BCUT2D eigenvalue weighted by Crippen LogP contribution is -2.49. The minimum atomic E-state index is -0.00883. The largest absolute Gasteiger partial charge is 0.354 e. The molecule has 1 aromatic rings. The molecule has 1 aliphatic heterocycles. The number of nitrogens with zero attached hydrogens (tertiary/aromatic N) is 1. The average Bonchev–Trinajstić information content (AvgIpc) is 2.92. The Balaban J connectivity index is 1.70. The van der Waals surface area contributed by atoms with Crippen LogP contribution in [-0.2, 0) is 11.2 Å². The molecule has 1 fully saturated rings. The lowest BCUT2D eigenvalue weighted by molar-refractivity contribution is -0.124. The van der Waals surface area contributed by atoms with Crippen LogP contribution in [0.3, 0.4) is 0 Å². The quantitative estimate of drug-likeness (QED) is 0.725. The molecule has 0 bridgehead atoms. The van der Waals surface area contributed by atoms with Crippen molar-refractivity contribution in [3.63, 3.8) is 0 Å². The third kappa shape index (κ3) is 3.57. The van der Waals surface area contributed by atoms with E-state index in [9.17, 15) is 4.79 Å². The number of piperidine rings is 1. The molecule has 1 aliphatic rings. The van der Waals surface area contributed by atoms with Gasteiger partial charge < -0.3 is 15.6 Å². The Kier molecular flexibility index (Phi) is 4.75. The predicted molar refractivity (Wildman–Crippen MR) is 70.1 cm³/mol. The fourth-order valence-electron chi connectivity index (χ4n) is 2.43. The number of aromatic nitrogens is 2. The minimum absolute atomic E-state index is 0.00883. The summed E-state index contributed by atoms with van der Waals surface area (Å²) in [7, 11) is 0. The van der Waals surface area contributed by atoms with Crippen LogP contribution in [0.25, 0.3) is 0 Å². The maximum Gasteiger partial charge on any atom is 0.237 e. The molecule has 2 heterocycles. The zero-order valence-corrected chi connectivity index (χ0v) is 10.9. The molecule has 0 spiro atoms. The summed E-state index contributed by atoms with van der Waals surface area (Å²) < 4.78 is 0. The van der Waals surface area contributed by atoms with Crippen molar-refractivity contribution in [1.29, 1.82) is 0 Å². The van der Waals surface area contributed by atoms with E-state index in [2.05, 4.69) is 27.5 Å². The van der Waals surface area contributed by atoms with Gasteiger partial charge in [0.1, 0.15) is 0 Å². The number of rotatable bonds is 5. The highest BCUT2D eigenvalue weighted by atomic mass is 16.2. The minimum Gasteiger partial charge on any atom is -0.354 e. The van der Waals surface area contributed by atoms with Gasteiger partial charge >= 0.3 is 0 Å². The molecule has 3 N–H and O–H groups in total. The SMILES string of the molecule is CCC1CCNC(C(=O)NCCc2cnc[nH]2)C1. The summed E-state index contributed by atoms with van der Waals surface area (Å²) in [5, 5.41) is 6.28. The fraction of sp³-hybridized carbons (Fsp3) is 0.692. The van der Waals surface area contributed by atoms with E-state index in [1.807, 2.05) is 0 Å². The van der Waals surface area contributed by atoms with Crippen LogP contribution in [0.15, 0.2) is 12.5 Å². The molecular weight excluding hydrogens is 228 g/mol. The Morgan fingerprint density at radius 3 is 3.22 bits per heavy atom. The lowest BCUT2D eigenvalue weighted by atomic mass is 9.90. The number of hydrogen-bond donors (Lipinski definition) is 3. The van der Waals surface area contributed by atoms with Gasteiger partial charge in [0.25, 0.3) is 0 Å². The van der Waals surface area contributed by atoms with Crippen molar-refractivity contribution < 1.29 is 4.79 Å². The second-order valence-corrected chi connectivity index (χ2v) is 4.92.